The van der Waals surface area contributed by atoms with Gasteiger partial charge in [0, 0.05) is 91.6 Å². The van der Waals surface area contributed by atoms with Crippen LogP contribution in [0.15, 0.2) is 207 Å². The molecule has 22 heteroatoms. The van der Waals surface area contributed by atoms with Gasteiger partial charge in [-0.1, -0.05) is 104 Å². The quantitative estimate of drug-likeness (QED) is 0.0913. The van der Waals surface area contributed by atoms with Gasteiger partial charge < -0.3 is 38.3 Å². The van der Waals surface area contributed by atoms with Crippen LogP contribution in [0.3, 0.4) is 0 Å². The third-order valence-corrected chi connectivity index (χ3v) is 17.9. The Morgan fingerprint density at radius 3 is 1.50 bits per heavy atom. The molecule has 1 aliphatic carbocycles. The number of hydrogen-bond acceptors (Lipinski definition) is 9. The molecule has 5 N–H and O–H groups in total. The number of imidazole rings is 8. The molecule has 0 fully saturated rings. The molecule has 0 bridgehead atoms. The van der Waals surface area contributed by atoms with Crippen molar-refractivity contribution in [1.82, 2.24) is 101 Å². The molecule has 2 atom stereocenters. The Labute approximate surface area is 581 Å². The van der Waals surface area contributed by atoms with Gasteiger partial charge in [-0.3, -0.25) is 17.6 Å². The second kappa shape index (κ2) is 28.5. The van der Waals surface area contributed by atoms with E-state index >= 15 is 0 Å². The first kappa shape index (κ1) is 70.6. The number of pyridine rings is 5. The van der Waals surface area contributed by atoms with Crippen molar-refractivity contribution in [2.75, 3.05) is 14.1 Å². The summed E-state index contributed by atoms with van der Waals surface area (Å²) in [7, 11) is 6.38. The molecule has 0 spiro atoms. The molecule has 100 heavy (non-hydrogen) atoms. The Hall–Kier alpha value is -12.2. The predicted molar refractivity (Wildman–Crippen MR) is 412 cm³/mol. The molecule has 2 aliphatic heterocycles. The Morgan fingerprint density at radius 1 is 0.440 bits per heavy atom. The van der Waals surface area contributed by atoms with Crippen molar-refractivity contribution < 1.29 is 4.58 Å². The molecule has 19 heterocycles. The lowest BCUT2D eigenvalue weighted by molar-refractivity contribution is -0.450. The van der Waals surface area contributed by atoms with Crippen molar-refractivity contribution >= 4 is 106 Å². The highest BCUT2D eigenvalue weighted by Crippen LogP contribution is 2.36. The van der Waals surface area contributed by atoms with E-state index in [1.165, 1.54) is 45.1 Å². The fourth-order valence-electron chi connectivity index (χ4n) is 13.1. The van der Waals surface area contributed by atoms with Crippen molar-refractivity contribution in [2.24, 2.45) is 13.0 Å². The molecule has 0 radical (unpaired) electrons. The maximum Gasteiger partial charge on any atom is 0.254 e. The first-order valence-electron chi connectivity index (χ1n) is 31.7. The van der Waals surface area contributed by atoms with Crippen LogP contribution in [0.25, 0.3) is 100 Å². The summed E-state index contributed by atoms with van der Waals surface area (Å²) >= 11 is 0. The summed E-state index contributed by atoms with van der Waals surface area (Å²) in [5.41, 5.74) is 20.5. The van der Waals surface area contributed by atoms with Crippen LogP contribution < -0.4 is 0 Å². The molecule has 0 saturated heterocycles. The molecule has 1 aromatic carbocycles. The molecule has 21 rings (SSSR count). The number of fused-ring (bicyclic) bond motifs is 21. The maximum absolute atomic E-state index is 4.42. The molecule has 0 amide bonds. The third-order valence-electron chi connectivity index (χ3n) is 17.9. The van der Waals surface area contributed by atoms with Crippen molar-refractivity contribution in [3.8, 4) is 0 Å². The second-order valence-corrected chi connectivity index (χ2v) is 24.1. The highest BCUT2D eigenvalue weighted by molar-refractivity contribution is 5.93. The van der Waals surface area contributed by atoms with E-state index in [9.17, 15) is 0 Å². The van der Waals surface area contributed by atoms with Gasteiger partial charge in [-0.05, 0) is 133 Å². The van der Waals surface area contributed by atoms with E-state index in [1.54, 1.807) is 0 Å². The number of hydrazine groups is 1. The largest absolute Gasteiger partial charge is 0.341 e. The lowest BCUT2D eigenvalue weighted by atomic mass is 9.98. The predicted octanol–water partition coefficient (Wildman–Crippen LogP) is 16.8. The molecular formula is C78H93N22+. The van der Waals surface area contributed by atoms with Gasteiger partial charge in [0.25, 0.3) is 5.82 Å². The Balaban J connectivity index is 0.000000125. The van der Waals surface area contributed by atoms with Gasteiger partial charge in [0.1, 0.15) is 63.1 Å². The summed E-state index contributed by atoms with van der Waals surface area (Å²) in [5, 5.41) is 5.91. The van der Waals surface area contributed by atoms with Gasteiger partial charge in [0.15, 0.2) is 28.2 Å². The summed E-state index contributed by atoms with van der Waals surface area (Å²) in [5.74, 6) is 7.81. The molecule has 17 aromatic heterocycles. The van der Waals surface area contributed by atoms with Crippen molar-refractivity contribution in [3.05, 3.63) is 247 Å². The van der Waals surface area contributed by atoms with Crippen LogP contribution in [-0.2, 0) is 7.05 Å². The van der Waals surface area contributed by atoms with E-state index in [2.05, 4.69) is 236 Å². The molecular weight excluding hydrogens is 1250 g/mol. The number of aromatic nitrogens is 19. The van der Waals surface area contributed by atoms with Gasteiger partial charge in [0.05, 0.1) is 47.2 Å². The van der Waals surface area contributed by atoms with Crippen LogP contribution >= 0.6 is 0 Å². The number of benzene rings is 1. The van der Waals surface area contributed by atoms with Crippen LogP contribution in [0.1, 0.15) is 84.6 Å². The molecule has 18 aromatic rings. The number of hydrogen-bond donors (Lipinski definition) is 5. The number of allylic oxidation sites excluding steroid dienone is 2. The van der Waals surface area contributed by atoms with E-state index in [1.807, 2.05) is 147 Å². The lowest BCUT2D eigenvalue weighted by Gasteiger charge is -2.24. The monoisotopic (exact) mass is 1340 g/mol. The number of H-pyrrole nitrogens is 5. The number of aromatic amines is 5. The summed E-state index contributed by atoms with van der Waals surface area (Å²) in [6.45, 7) is 16.3. The van der Waals surface area contributed by atoms with Gasteiger partial charge >= 0.3 is 0 Å². The average Bonchev–Trinajstić information content (AvgIpc) is 1.60. The smallest absolute Gasteiger partial charge is 0.254 e. The number of nitrogens with zero attached hydrogens (tertiary/aromatic N) is 17. The van der Waals surface area contributed by atoms with Crippen LogP contribution in [0.4, 0.5) is 0 Å². The number of amidine groups is 1. The normalized spacial score (nSPS) is 14.1. The van der Waals surface area contributed by atoms with E-state index in [0.717, 1.165) is 107 Å². The molecule has 22 nitrogen and oxygen atoms in total. The van der Waals surface area contributed by atoms with Crippen LogP contribution in [-0.4, -0.2) is 131 Å². The fourth-order valence-corrected chi connectivity index (χ4v) is 13.1. The first-order valence-corrected chi connectivity index (χ1v) is 31.7. The highest BCUT2D eigenvalue weighted by Gasteiger charge is 2.48. The fraction of sp³-hybridized carbons (Fsp3) is 0.231. The molecule has 0 saturated carbocycles. The zero-order valence-corrected chi connectivity index (χ0v) is 54.8. The van der Waals surface area contributed by atoms with E-state index in [4.69, 9.17) is 0 Å². The van der Waals surface area contributed by atoms with Gasteiger partial charge in [-0.2, -0.15) is 5.01 Å². The maximum atomic E-state index is 4.42. The van der Waals surface area contributed by atoms with Crippen LogP contribution in [0, 0.1) is 54.4 Å². The molecule has 2 unspecified atom stereocenters. The average molecular weight is 1340 g/mol. The zero-order chi connectivity index (χ0) is 65.3. The minimum Gasteiger partial charge on any atom is -0.341 e. The SMILES string of the molecule is C.C.C.C.C.CC1=[N+](C)C2=CC3C=CC=CC3N2N1C.Cc1c(C)n2c3ccccc3cc2n1C.Cc1nc2c(cc3ccccn32)[nH]1.Cc1nc2c(cn3ccccc23)[nH]1.Cc1nc2c(cn3ccccc23)[nH]1.Cc1nc2c(nc3ccccn32)[nH]1.Cc1nc2c(nc3ccccn32)[nH]1. The minimum absolute atomic E-state index is 0. The van der Waals surface area contributed by atoms with Crippen molar-refractivity contribution in [1.29, 1.82) is 0 Å². The summed E-state index contributed by atoms with van der Waals surface area (Å²) in [4.78, 5) is 46.6. The van der Waals surface area contributed by atoms with Gasteiger partial charge in [-0.15, -0.1) is 5.01 Å². The van der Waals surface area contributed by atoms with E-state index in [-0.39, 0.29) is 37.1 Å². The number of nitrogens with one attached hydrogen (secondary N) is 5. The topological polar surface area (TPSA) is 210 Å². The van der Waals surface area contributed by atoms with Crippen molar-refractivity contribution in [2.45, 2.75) is 98.6 Å². The van der Waals surface area contributed by atoms with Gasteiger partial charge in [-0.25, -0.2) is 39.5 Å². The Kier molecular flexibility index (Phi) is 20.1. The molecule has 3 aliphatic rings. The summed E-state index contributed by atoms with van der Waals surface area (Å²) in [6, 6.07) is 43.5. The number of rotatable bonds is 0. The van der Waals surface area contributed by atoms with E-state index < -0.39 is 0 Å². The number of para-hydroxylation sites is 1. The minimum atomic E-state index is 0. The second-order valence-electron chi connectivity index (χ2n) is 24.1. The molecule has 514 valence electrons. The van der Waals surface area contributed by atoms with E-state index in [0.29, 0.717) is 12.0 Å². The van der Waals surface area contributed by atoms with Crippen molar-refractivity contribution in [3.63, 3.8) is 0 Å². The Bertz CT molecular complexity index is 5390. The lowest BCUT2D eigenvalue weighted by Crippen LogP contribution is -2.42. The van der Waals surface area contributed by atoms with Crippen LogP contribution in [0.5, 0.6) is 0 Å². The summed E-state index contributed by atoms with van der Waals surface area (Å²) in [6.07, 6.45) is 25.3. The van der Waals surface area contributed by atoms with Gasteiger partial charge in [0.2, 0.25) is 5.84 Å². The highest BCUT2D eigenvalue weighted by atomic mass is 15.7. The standard InChI is InChI=1S/C13H14N2.C12H16N3.3C10H9N3.2C9H8N4.5CH4/c1-9-10(2)15-12-7-5-4-6-11(12)8-13(15)14(9)3;1-9-13(2)12-8-10-6-4-5-7-11(10)15(12)14(9)3;2*1-7-11-8-6-13-5-3-2-4-9(13)10(8)12-7;1-7-11-9-6-8-4-2-3-5-13(8)10(9)12-7;2*1-6-10-8-9(11-6)13-5-3-2-4-7(13)12-8;;;;;/h4-8H,1-3H3;4-8,10-11H,1-3H3;3*2-6H,1H3,(H,11,12);2*2-5H,1H3,(H,10,11);5*1H4/q;+1;;;;;;;;;;. The number of aryl methyl sites for hydroxylation is 7. The Morgan fingerprint density at radius 2 is 0.910 bits per heavy atom. The third kappa shape index (κ3) is 12.7. The summed E-state index contributed by atoms with van der Waals surface area (Å²) < 4.78 is 17.0. The first-order chi connectivity index (χ1) is 46.1. The zero-order valence-electron chi connectivity index (χ0n) is 54.8. The van der Waals surface area contributed by atoms with Crippen LogP contribution in [0.2, 0.25) is 0 Å².